The number of hydrogen-bond donors (Lipinski definition) is 2. The molecule has 8 heteroatoms. The Bertz CT molecular complexity index is 758. The molecule has 0 aromatic heterocycles. The van der Waals surface area contributed by atoms with Gasteiger partial charge < -0.3 is 20.1 Å². The van der Waals surface area contributed by atoms with Gasteiger partial charge >= 0.3 is 0 Å². The molecule has 2 atom stereocenters. The Morgan fingerprint density at radius 2 is 1.14 bits per heavy atom. The number of rotatable bonds is 8. The molecule has 1 fully saturated rings. The molecule has 3 rings (SSSR count). The third-order valence-corrected chi connectivity index (χ3v) is 5.03. The highest BCUT2D eigenvalue weighted by molar-refractivity contribution is 6.30. The topological polar surface area (TPSA) is 76.7 Å². The quantitative estimate of drug-likeness (QED) is 0.662. The van der Waals surface area contributed by atoms with Crippen molar-refractivity contribution in [3.05, 3.63) is 58.6 Å². The van der Waals surface area contributed by atoms with Gasteiger partial charge in [-0.05, 0) is 67.8 Å². The van der Waals surface area contributed by atoms with Crippen LogP contribution in [0.1, 0.15) is 19.3 Å². The van der Waals surface area contributed by atoms with E-state index in [4.69, 9.17) is 32.7 Å². The molecule has 0 spiro atoms. The number of hydrogen-bond acceptors (Lipinski definition) is 4. The Balaban J connectivity index is 1.33. The third-order valence-electron chi connectivity index (χ3n) is 4.53. The number of nitrogens with one attached hydrogen (secondary N) is 2. The minimum atomic E-state index is -0.192. The highest BCUT2D eigenvalue weighted by atomic mass is 35.5. The van der Waals surface area contributed by atoms with Crippen LogP contribution in [0.15, 0.2) is 48.5 Å². The van der Waals surface area contributed by atoms with E-state index in [1.165, 1.54) is 0 Å². The van der Waals surface area contributed by atoms with Gasteiger partial charge in [0.05, 0.1) is 0 Å². The fraction of sp³-hybridized carbons (Fsp3) is 0.333. The van der Waals surface area contributed by atoms with Crippen LogP contribution >= 0.6 is 23.2 Å². The molecule has 2 aromatic carbocycles. The summed E-state index contributed by atoms with van der Waals surface area (Å²) < 4.78 is 10.9. The zero-order valence-electron chi connectivity index (χ0n) is 15.7. The molecule has 0 bridgehead atoms. The van der Waals surface area contributed by atoms with Crippen molar-refractivity contribution in [1.29, 1.82) is 0 Å². The lowest BCUT2D eigenvalue weighted by Crippen LogP contribution is -2.40. The van der Waals surface area contributed by atoms with Crippen LogP contribution in [-0.4, -0.2) is 37.1 Å². The summed E-state index contributed by atoms with van der Waals surface area (Å²) in [6.07, 6.45) is 2.28. The highest BCUT2D eigenvalue weighted by Crippen LogP contribution is 2.20. The molecular formula is C21H22Cl2N2O4. The lowest BCUT2D eigenvalue weighted by atomic mass is 10.2. The van der Waals surface area contributed by atoms with E-state index in [-0.39, 0.29) is 37.1 Å². The molecule has 0 saturated heterocycles. The number of halogens is 2. The third kappa shape index (κ3) is 7.15. The van der Waals surface area contributed by atoms with Crippen molar-refractivity contribution in [2.45, 2.75) is 31.3 Å². The molecule has 0 heterocycles. The predicted molar refractivity (Wildman–Crippen MR) is 112 cm³/mol. The smallest absolute Gasteiger partial charge is 0.258 e. The summed E-state index contributed by atoms with van der Waals surface area (Å²) in [6.45, 7) is -0.131. The zero-order valence-corrected chi connectivity index (χ0v) is 17.2. The number of ether oxygens (including phenoxy) is 2. The van der Waals surface area contributed by atoms with Crippen LogP contribution in [0, 0.1) is 0 Å². The second-order valence-corrected chi connectivity index (χ2v) is 7.70. The van der Waals surface area contributed by atoms with E-state index in [0.29, 0.717) is 28.0 Å². The van der Waals surface area contributed by atoms with Crippen molar-refractivity contribution in [3.8, 4) is 11.5 Å². The van der Waals surface area contributed by atoms with E-state index in [9.17, 15) is 9.59 Å². The predicted octanol–water partition coefficient (Wildman–Crippen LogP) is 3.60. The van der Waals surface area contributed by atoms with E-state index in [1.807, 2.05) is 0 Å². The van der Waals surface area contributed by atoms with Crippen LogP contribution in [-0.2, 0) is 9.59 Å². The summed E-state index contributed by atoms with van der Waals surface area (Å²) in [6, 6.07) is 13.7. The van der Waals surface area contributed by atoms with Crippen LogP contribution in [0.25, 0.3) is 0 Å². The van der Waals surface area contributed by atoms with E-state index in [0.717, 1.165) is 12.8 Å². The average molecular weight is 437 g/mol. The molecular weight excluding hydrogens is 415 g/mol. The Morgan fingerprint density at radius 1 is 0.759 bits per heavy atom. The van der Waals surface area contributed by atoms with Crippen molar-refractivity contribution in [3.63, 3.8) is 0 Å². The maximum atomic E-state index is 12.1. The number of carbonyl (C=O) groups excluding carboxylic acids is 2. The summed E-state index contributed by atoms with van der Waals surface area (Å²) in [4.78, 5) is 24.1. The minimum Gasteiger partial charge on any atom is -0.484 e. The molecule has 2 aromatic rings. The molecule has 154 valence electrons. The number of amides is 2. The molecule has 6 nitrogen and oxygen atoms in total. The second kappa shape index (κ2) is 10.4. The largest absolute Gasteiger partial charge is 0.484 e. The van der Waals surface area contributed by atoms with Crippen LogP contribution in [0.4, 0.5) is 0 Å². The first-order valence-electron chi connectivity index (χ1n) is 9.33. The van der Waals surface area contributed by atoms with Crippen molar-refractivity contribution < 1.29 is 19.1 Å². The Labute approximate surface area is 179 Å². The molecule has 2 amide bonds. The van der Waals surface area contributed by atoms with Gasteiger partial charge in [-0.2, -0.15) is 0 Å². The molecule has 1 aliphatic rings. The standard InChI is InChI=1S/C21H22Cl2N2O4/c22-14-1-7-18(8-2-14)28-12-20(26)24-16-5-6-17(11-16)25-21(27)13-29-19-9-3-15(23)4-10-19/h1-4,7-10,16-17H,5-6,11-13H2,(H,24,26)(H,25,27). The average Bonchev–Trinajstić information content (AvgIpc) is 3.13. The lowest BCUT2D eigenvalue weighted by molar-refractivity contribution is -0.124. The van der Waals surface area contributed by atoms with Gasteiger partial charge in [-0.15, -0.1) is 0 Å². The Hall–Kier alpha value is -2.44. The van der Waals surface area contributed by atoms with Gasteiger partial charge in [0.2, 0.25) is 0 Å². The van der Waals surface area contributed by atoms with Crippen LogP contribution < -0.4 is 20.1 Å². The van der Waals surface area contributed by atoms with Gasteiger partial charge in [-0.1, -0.05) is 23.2 Å². The van der Waals surface area contributed by atoms with Gasteiger partial charge in [0, 0.05) is 22.1 Å². The molecule has 1 saturated carbocycles. The van der Waals surface area contributed by atoms with E-state index in [1.54, 1.807) is 48.5 Å². The van der Waals surface area contributed by atoms with Crippen molar-refractivity contribution in [2.75, 3.05) is 13.2 Å². The first-order chi connectivity index (χ1) is 14.0. The summed E-state index contributed by atoms with van der Waals surface area (Å²) in [5, 5.41) is 7.10. The molecule has 1 aliphatic carbocycles. The summed E-state index contributed by atoms with van der Waals surface area (Å²) in [5.74, 6) is 0.787. The van der Waals surface area contributed by atoms with Crippen molar-refractivity contribution in [1.82, 2.24) is 10.6 Å². The van der Waals surface area contributed by atoms with E-state index < -0.39 is 0 Å². The minimum absolute atomic E-state index is 0.0128. The van der Waals surface area contributed by atoms with Crippen molar-refractivity contribution in [2.24, 2.45) is 0 Å². The first-order valence-corrected chi connectivity index (χ1v) is 10.1. The highest BCUT2D eigenvalue weighted by Gasteiger charge is 2.27. The maximum absolute atomic E-state index is 12.1. The molecule has 2 unspecified atom stereocenters. The van der Waals surface area contributed by atoms with Gasteiger partial charge in [-0.3, -0.25) is 9.59 Å². The SMILES string of the molecule is O=C(COc1ccc(Cl)cc1)NC1CCC(NC(=O)COc2ccc(Cl)cc2)C1. The second-order valence-electron chi connectivity index (χ2n) is 6.83. The number of benzene rings is 2. The summed E-state index contributed by atoms with van der Waals surface area (Å²) >= 11 is 11.6. The van der Waals surface area contributed by atoms with Gasteiger partial charge in [0.1, 0.15) is 11.5 Å². The van der Waals surface area contributed by atoms with Crippen LogP contribution in [0.5, 0.6) is 11.5 Å². The fourth-order valence-corrected chi connectivity index (χ4v) is 3.39. The van der Waals surface area contributed by atoms with E-state index in [2.05, 4.69) is 10.6 Å². The van der Waals surface area contributed by atoms with Gasteiger partial charge in [0.25, 0.3) is 11.8 Å². The Morgan fingerprint density at radius 3 is 1.52 bits per heavy atom. The van der Waals surface area contributed by atoms with Crippen LogP contribution in [0.3, 0.4) is 0 Å². The molecule has 0 aliphatic heterocycles. The lowest BCUT2D eigenvalue weighted by Gasteiger charge is -2.15. The van der Waals surface area contributed by atoms with Gasteiger partial charge in [0.15, 0.2) is 13.2 Å². The normalized spacial score (nSPS) is 18.1. The molecule has 0 radical (unpaired) electrons. The Kier molecular flexibility index (Phi) is 7.61. The summed E-state index contributed by atoms with van der Waals surface area (Å²) in [5.41, 5.74) is 0. The maximum Gasteiger partial charge on any atom is 0.258 e. The molecule has 29 heavy (non-hydrogen) atoms. The van der Waals surface area contributed by atoms with Crippen LogP contribution in [0.2, 0.25) is 10.0 Å². The first kappa shape index (κ1) is 21.3. The zero-order chi connectivity index (χ0) is 20.6. The van der Waals surface area contributed by atoms with Gasteiger partial charge in [-0.25, -0.2) is 0 Å². The fourth-order valence-electron chi connectivity index (χ4n) is 3.14. The molecule has 2 N–H and O–H groups in total. The van der Waals surface area contributed by atoms with Crippen molar-refractivity contribution >= 4 is 35.0 Å². The monoisotopic (exact) mass is 436 g/mol. The van der Waals surface area contributed by atoms with E-state index >= 15 is 0 Å². The summed E-state index contributed by atoms with van der Waals surface area (Å²) in [7, 11) is 0. The number of carbonyl (C=O) groups is 2.